The van der Waals surface area contributed by atoms with E-state index in [4.69, 9.17) is 24.3 Å². The highest BCUT2D eigenvalue weighted by molar-refractivity contribution is 7.47. The van der Waals surface area contributed by atoms with E-state index in [1.807, 2.05) is 42.5 Å². The summed E-state index contributed by atoms with van der Waals surface area (Å²) in [6.07, 6.45) is 46.1. The minimum atomic E-state index is -4.33. The van der Waals surface area contributed by atoms with Gasteiger partial charge >= 0.3 is 13.8 Å². The molecule has 0 aromatic carbocycles. The number of hydrogen-bond acceptors (Lipinski definition) is 8. The number of carbonyl (C=O) groups excluding carboxylic acids is 1. The molecule has 0 radical (unpaired) electrons. The van der Waals surface area contributed by atoms with Crippen LogP contribution in [0.25, 0.3) is 0 Å². The number of allylic oxidation sites excluding steroid dienone is 9. The zero-order valence-corrected chi connectivity index (χ0v) is 34.2. The Morgan fingerprint density at radius 2 is 1.25 bits per heavy atom. The molecule has 306 valence electrons. The van der Waals surface area contributed by atoms with Crippen LogP contribution in [0.15, 0.2) is 73.1 Å². The Morgan fingerprint density at radius 3 is 1.92 bits per heavy atom. The van der Waals surface area contributed by atoms with E-state index in [2.05, 4.69) is 32.1 Å². The average Bonchev–Trinajstić information content (AvgIpc) is 3.14. The monoisotopic (exact) mass is 766 g/mol. The Balaban J connectivity index is 4.32. The summed E-state index contributed by atoms with van der Waals surface area (Å²) in [7, 11) is -4.33. The molecule has 0 aliphatic heterocycles. The maximum absolute atomic E-state index is 12.5. The second-order valence-electron chi connectivity index (χ2n) is 13.4. The van der Waals surface area contributed by atoms with Crippen LogP contribution in [0.3, 0.4) is 0 Å². The van der Waals surface area contributed by atoms with E-state index in [0.29, 0.717) is 19.3 Å². The third kappa shape index (κ3) is 39.3. The van der Waals surface area contributed by atoms with Gasteiger partial charge in [-0.25, -0.2) is 4.57 Å². The molecule has 0 amide bonds. The van der Waals surface area contributed by atoms with E-state index in [1.165, 1.54) is 77.0 Å². The summed E-state index contributed by atoms with van der Waals surface area (Å²) in [5.74, 6) is -0.438. The minimum absolute atomic E-state index is 0.0162. The van der Waals surface area contributed by atoms with Crippen molar-refractivity contribution in [3.63, 3.8) is 0 Å². The molecular formula is C43H76NO8P. The van der Waals surface area contributed by atoms with Crippen LogP contribution in [-0.2, 0) is 27.9 Å². The first-order valence-electron chi connectivity index (χ1n) is 20.6. The molecular weight excluding hydrogens is 689 g/mol. The van der Waals surface area contributed by atoms with Crippen molar-refractivity contribution in [3.8, 4) is 0 Å². The number of aliphatic hydroxyl groups excluding tert-OH is 1. The van der Waals surface area contributed by atoms with E-state index in [1.54, 1.807) is 12.3 Å². The van der Waals surface area contributed by atoms with Crippen LogP contribution < -0.4 is 5.73 Å². The van der Waals surface area contributed by atoms with Crippen molar-refractivity contribution in [1.29, 1.82) is 0 Å². The summed E-state index contributed by atoms with van der Waals surface area (Å²) >= 11 is 0. The molecule has 9 nitrogen and oxygen atoms in total. The third-order valence-electron chi connectivity index (χ3n) is 8.24. The first kappa shape index (κ1) is 50.7. The Kier molecular flexibility index (Phi) is 37.8. The quantitative estimate of drug-likeness (QED) is 0.0140. The average molecular weight is 766 g/mol. The molecule has 4 N–H and O–H groups in total. The zero-order valence-electron chi connectivity index (χ0n) is 33.3. The summed E-state index contributed by atoms with van der Waals surface area (Å²) in [6, 6.07) is 0. The lowest BCUT2D eigenvalue weighted by atomic mass is 10.1. The molecule has 10 heteroatoms. The van der Waals surface area contributed by atoms with Crippen LogP contribution in [0, 0.1) is 0 Å². The Hall–Kier alpha value is -2.26. The molecule has 2 unspecified atom stereocenters. The molecule has 0 saturated carbocycles. The van der Waals surface area contributed by atoms with Gasteiger partial charge in [0.05, 0.1) is 25.6 Å². The minimum Gasteiger partial charge on any atom is -0.498 e. The molecule has 53 heavy (non-hydrogen) atoms. The Labute approximate surface area is 323 Å². The summed E-state index contributed by atoms with van der Waals surface area (Å²) in [6.45, 7) is 4.02. The second-order valence-corrected chi connectivity index (χ2v) is 14.9. The number of esters is 1. The van der Waals surface area contributed by atoms with E-state index in [9.17, 15) is 19.4 Å². The first-order chi connectivity index (χ1) is 25.8. The van der Waals surface area contributed by atoms with Crippen LogP contribution >= 0.6 is 7.82 Å². The highest BCUT2D eigenvalue weighted by Gasteiger charge is 2.25. The molecule has 0 heterocycles. The largest absolute Gasteiger partial charge is 0.498 e. The number of carbonyl (C=O) groups is 1. The topological polar surface area (TPSA) is 138 Å². The number of phosphoric acid groups is 1. The SMILES string of the molecule is CCCCC/C=C\C[C@H](O)/C=C/C=C\C/C=C\CCCC(=O)OC(CO/C=C\CCCCCC/C=C\CCCCCCCC)COP(=O)(O)OCCN. The number of phosphoric ester groups is 1. The maximum Gasteiger partial charge on any atom is 0.472 e. The fourth-order valence-corrected chi connectivity index (χ4v) is 5.91. The molecule has 0 saturated heterocycles. The number of ether oxygens (including phenoxy) is 2. The smallest absolute Gasteiger partial charge is 0.472 e. The van der Waals surface area contributed by atoms with Crippen molar-refractivity contribution in [2.75, 3.05) is 26.4 Å². The standard InChI is InChI=1S/C43H76NO8P/c1-3-5-7-9-11-12-13-14-15-16-17-18-21-24-28-32-37-49-39-42(40-51-53(47,48)50-38-36-44)52-43(46)35-31-27-23-20-19-22-26-30-34-41(45)33-29-25-10-8-6-4-2/h14-15,20,22-23,25-26,29-30,32,34,37,41-42,45H,3-13,16-19,21,24,27-28,31,33,35-36,38-40,44H2,1-2H3,(H,47,48)/b15-14-,23-20-,26-22-,29-25-,34-30+,37-32-/t41-,42?/m0/s1. The van der Waals surface area contributed by atoms with Gasteiger partial charge in [0.1, 0.15) is 6.61 Å². The normalized spacial score (nSPS) is 14.8. The predicted octanol–water partition coefficient (Wildman–Crippen LogP) is 11.3. The second kappa shape index (κ2) is 39.4. The maximum atomic E-state index is 12.5. The van der Waals surface area contributed by atoms with Gasteiger partial charge in [-0.05, 0) is 83.1 Å². The summed E-state index contributed by atoms with van der Waals surface area (Å²) in [5, 5.41) is 10.0. The lowest BCUT2D eigenvalue weighted by Gasteiger charge is -2.19. The molecule has 0 aromatic rings. The first-order valence-corrected chi connectivity index (χ1v) is 22.1. The molecule has 0 aliphatic rings. The van der Waals surface area contributed by atoms with Gasteiger partial charge in [0.2, 0.25) is 0 Å². The zero-order chi connectivity index (χ0) is 38.9. The van der Waals surface area contributed by atoms with Crippen molar-refractivity contribution >= 4 is 13.8 Å². The van der Waals surface area contributed by atoms with Gasteiger partial charge in [0, 0.05) is 13.0 Å². The molecule has 0 spiro atoms. The van der Waals surface area contributed by atoms with Crippen LogP contribution in [0.2, 0.25) is 0 Å². The molecule has 0 fully saturated rings. The highest BCUT2D eigenvalue weighted by Crippen LogP contribution is 2.43. The van der Waals surface area contributed by atoms with Crippen LogP contribution in [0.4, 0.5) is 0 Å². The number of aliphatic hydroxyl groups is 1. The van der Waals surface area contributed by atoms with E-state index in [-0.39, 0.29) is 32.8 Å². The van der Waals surface area contributed by atoms with Crippen molar-refractivity contribution in [2.45, 2.75) is 167 Å². The highest BCUT2D eigenvalue weighted by atomic mass is 31.2. The Morgan fingerprint density at radius 1 is 0.679 bits per heavy atom. The lowest BCUT2D eigenvalue weighted by Crippen LogP contribution is -2.27. The van der Waals surface area contributed by atoms with Crippen molar-refractivity contribution in [3.05, 3.63) is 73.1 Å². The van der Waals surface area contributed by atoms with Gasteiger partial charge in [-0.3, -0.25) is 13.8 Å². The van der Waals surface area contributed by atoms with Gasteiger partial charge < -0.3 is 25.2 Å². The van der Waals surface area contributed by atoms with E-state index < -0.39 is 26.0 Å². The summed E-state index contributed by atoms with van der Waals surface area (Å²) < 4.78 is 33.0. The fraction of sp³-hybridized carbons (Fsp3) is 0.698. The van der Waals surface area contributed by atoms with Crippen LogP contribution in [0.1, 0.15) is 155 Å². The summed E-state index contributed by atoms with van der Waals surface area (Å²) in [5.41, 5.74) is 5.35. The van der Waals surface area contributed by atoms with E-state index in [0.717, 1.165) is 38.5 Å². The van der Waals surface area contributed by atoms with Gasteiger partial charge in [0.15, 0.2) is 6.10 Å². The van der Waals surface area contributed by atoms with Gasteiger partial charge in [-0.2, -0.15) is 0 Å². The molecule has 0 bridgehead atoms. The van der Waals surface area contributed by atoms with Crippen LogP contribution in [-0.4, -0.2) is 54.5 Å². The van der Waals surface area contributed by atoms with Crippen molar-refractivity contribution < 1.29 is 37.9 Å². The Bertz CT molecular complexity index is 1050. The fourth-order valence-electron chi connectivity index (χ4n) is 5.15. The number of rotatable bonds is 38. The van der Waals surface area contributed by atoms with Crippen molar-refractivity contribution in [1.82, 2.24) is 0 Å². The van der Waals surface area contributed by atoms with Gasteiger partial charge in [0.25, 0.3) is 0 Å². The lowest BCUT2D eigenvalue weighted by molar-refractivity contribution is -0.153. The molecule has 3 atom stereocenters. The van der Waals surface area contributed by atoms with Gasteiger partial charge in [-0.1, -0.05) is 132 Å². The molecule has 0 rings (SSSR count). The van der Waals surface area contributed by atoms with Gasteiger partial charge in [-0.15, -0.1) is 0 Å². The number of nitrogens with two attached hydrogens (primary N) is 1. The predicted molar refractivity (Wildman–Crippen MR) is 220 cm³/mol. The molecule has 0 aliphatic carbocycles. The summed E-state index contributed by atoms with van der Waals surface area (Å²) in [4.78, 5) is 22.4. The molecule has 0 aromatic heterocycles. The van der Waals surface area contributed by atoms with Crippen molar-refractivity contribution in [2.24, 2.45) is 5.73 Å². The van der Waals surface area contributed by atoms with Crippen LogP contribution in [0.5, 0.6) is 0 Å². The van der Waals surface area contributed by atoms with E-state index >= 15 is 0 Å². The number of hydrogen-bond donors (Lipinski definition) is 3. The number of unbranched alkanes of at least 4 members (excludes halogenated alkanes) is 15. The third-order valence-corrected chi connectivity index (χ3v) is 9.22.